The second-order valence-corrected chi connectivity index (χ2v) is 3.60. The number of carbonyl (C=O) groups is 1. The normalized spacial score (nSPS) is 10.9. The Balaban J connectivity index is 3.81. The molecule has 0 fully saturated rings. The van der Waals surface area contributed by atoms with Gasteiger partial charge in [-0.3, -0.25) is 4.31 Å². The van der Waals surface area contributed by atoms with Crippen LogP contribution < -0.4 is 0 Å². The minimum absolute atomic E-state index is 0.434. The van der Waals surface area contributed by atoms with Gasteiger partial charge in [-0.05, 0) is 20.8 Å². The van der Waals surface area contributed by atoms with Gasteiger partial charge >= 0.3 is 6.09 Å². The molecule has 3 nitrogen and oxygen atoms in total. The summed E-state index contributed by atoms with van der Waals surface area (Å²) in [6.07, 6.45) is -0.434. The predicted molar refractivity (Wildman–Crippen MR) is 43.0 cm³/mol. The summed E-state index contributed by atoms with van der Waals surface area (Å²) in [6, 6.07) is 0. The second-order valence-electron chi connectivity index (χ2n) is 3.00. The van der Waals surface area contributed by atoms with Crippen molar-refractivity contribution in [1.29, 1.82) is 0 Å². The number of thiol groups is 1. The molecule has 0 saturated heterocycles. The third kappa shape index (κ3) is 4.49. The van der Waals surface area contributed by atoms with E-state index in [0.29, 0.717) is 0 Å². The van der Waals surface area contributed by atoms with Crippen molar-refractivity contribution in [3.8, 4) is 0 Å². The summed E-state index contributed by atoms with van der Waals surface area (Å²) in [4.78, 5) is 10.8. The Morgan fingerprint density at radius 2 is 1.90 bits per heavy atom. The summed E-state index contributed by atoms with van der Waals surface area (Å²) in [5.74, 6) is 0. The molecule has 0 aliphatic rings. The molecule has 1 amide bonds. The standard InChI is InChI=1S/C6H13NO2S/c1-6(2,3)9-5(8)7(4)10/h10H,1-4H3. The molecule has 0 aliphatic heterocycles. The molecule has 0 radical (unpaired) electrons. The smallest absolute Gasteiger partial charge is 0.419 e. The molecule has 4 heteroatoms. The van der Waals surface area contributed by atoms with E-state index >= 15 is 0 Å². The van der Waals surface area contributed by atoms with Crippen molar-refractivity contribution >= 4 is 18.9 Å². The van der Waals surface area contributed by atoms with Gasteiger partial charge in [0.05, 0.1) is 0 Å². The zero-order chi connectivity index (χ0) is 8.36. The number of ether oxygens (including phenoxy) is 1. The maximum atomic E-state index is 10.8. The molecule has 0 N–H and O–H groups in total. The van der Waals surface area contributed by atoms with Crippen LogP contribution in [0.2, 0.25) is 0 Å². The number of nitrogens with zero attached hydrogens (tertiary/aromatic N) is 1. The summed E-state index contributed by atoms with van der Waals surface area (Å²) in [6.45, 7) is 5.42. The van der Waals surface area contributed by atoms with Crippen molar-refractivity contribution in [2.45, 2.75) is 26.4 Å². The Morgan fingerprint density at radius 3 is 2.00 bits per heavy atom. The van der Waals surface area contributed by atoms with Gasteiger partial charge in [0.2, 0.25) is 0 Å². The highest BCUT2D eigenvalue weighted by Crippen LogP contribution is 2.09. The molecule has 10 heavy (non-hydrogen) atoms. The van der Waals surface area contributed by atoms with Gasteiger partial charge in [0.15, 0.2) is 0 Å². The zero-order valence-electron chi connectivity index (χ0n) is 6.71. The number of hydrogen-bond acceptors (Lipinski definition) is 3. The lowest BCUT2D eigenvalue weighted by Gasteiger charge is -2.21. The average molecular weight is 163 g/mol. The fourth-order valence-corrected chi connectivity index (χ4v) is 0.369. The molecule has 0 bridgehead atoms. The summed E-state index contributed by atoms with van der Waals surface area (Å²) >= 11 is 3.76. The van der Waals surface area contributed by atoms with E-state index in [0.717, 1.165) is 4.31 Å². The van der Waals surface area contributed by atoms with Gasteiger partial charge in [0.1, 0.15) is 5.60 Å². The first kappa shape index (κ1) is 9.62. The topological polar surface area (TPSA) is 29.5 Å². The summed E-state index contributed by atoms with van der Waals surface area (Å²) in [5.41, 5.74) is -0.436. The van der Waals surface area contributed by atoms with E-state index in [4.69, 9.17) is 4.74 Å². The monoisotopic (exact) mass is 163 g/mol. The Morgan fingerprint density at radius 1 is 1.50 bits per heavy atom. The van der Waals surface area contributed by atoms with E-state index in [1.165, 1.54) is 7.05 Å². The average Bonchev–Trinajstić information content (AvgIpc) is 1.60. The van der Waals surface area contributed by atoms with Gasteiger partial charge in [0, 0.05) is 7.05 Å². The number of carbonyl (C=O) groups excluding carboxylic acids is 1. The lowest BCUT2D eigenvalue weighted by molar-refractivity contribution is 0.0435. The maximum absolute atomic E-state index is 10.8. The fraction of sp³-hybridized carbons (Fsp3) is 0.833. The molecule has 0 rings (SSSR count). The Bertz CT molecular complexity index is 128. The molecule has 0 aromatic heterocycles. The molecule has 0 atom stereocenters. The molecule has 0 aliphatic carbocycles. The van der Waals surface area contributed by atoms with Crippen LogP contribution in [0, 0.1) is 0 Å². The van der Waals surface area contributed by atoms with Gasteiger partial charge in [0.25, 0.3) is 0 Å². The Labute approximate surface area is 66.9 Å². The third-order valence-electron chi connectivity index (χ3n) is 0.658. The molecule has 0 saturated carbocycles. The van der Waals surface area contributed by atoms with Crippen molar-refractivity contribution in [3.05, 3.63) is 0 Å². The molecule has 0 spiro atoms. The largest absolute Gasteiger partial charge is 0.443 e. The van der Waals surface area contributed by atoms with Gasteiger partial charge in [-0.1, -0.05) is 12.8 Å². The molecule has 0 unspecified atom stereocenters. The molecular formula is C6H13NO2S. The van der Waals surface area contributed by atoms with Gasteiger partial charge in [-0.2, -0.15) is 0 Å². The Hall–Kier alpha value is -0.380. The number of hydrogen-bond donors (Lipinski definition) is 1. The minimum Gasteiger partial charge on any atom is -0.443 e. The van der Waals surface area contributed by atoms with Gasteiger partial charge in [-0.25, -0.2) is 4.79 Å². The highest BCUT2D eigenvalue weighted by molar-refractivity contribution is 7.78. The molecule has 0 aromatic carbocycles. The van der Waals surface area contributed by atoms with Crippen LogP contribution in [0.25, 0.3) is 0 Å². The Kier molecular flexibility index (Phi) is 3.02. The van der Waals surface area contributed by atoms with Crippen LogP contribution in [0.3, 0.4) is 0 Å². The summed E-state index contributed by atoms with van der Waals surface area (Å²) < 4.78 is 6.01. The maximum Gasteiger partial charge on any atom is 0.419 e. The van der Waals surface area contributed by atoms with Crippen LogP contribution in [-0.4, -0.2) is 23.0 Å². The van der Waals surface area contributed by atoms with Gasteiger partial charge in [-0.15, -0.1) is 0 Å². The molecular weight excluding hydrogens is 150 g/mol. The van der Waals surface area contributed by atoms with Crippen molar-refractivity contribution in [2.75, 3.05) is 7.05 Å². The predicted octanol–water partition coefficient (Wildman–Crippen LogP) is 1.70. The van der Waals surface area contributed by atoms with Crippen LogP contribution in [-0.2, 0) is 4.74 Å². The van der Waals surface area contributed by atoms with Crippen LogP contribution in [0.15, 0.2) is 0 Å². The van der Waals surface area contributed by atoms with Crippen LogP contribution in [0.4, 0.5) is 4.79 Å². The lowest BCUT2D eigenvalue weighted by Crippen LogP contribution is -2.29. The summed E-state index contributed by atoms with van der Waals surface area (Å²) in [7, 11) is 1.52. The van der Waals surface area contributed by atoms with E-state index < -0.39 is 11.7 Å². The van der Waals surface area contributed by atoms with E-state index in [2.05, 4.69) is 12.8 Å². The van der Waals surface area contributed by atoms with Crippen LogP contribution >= 0.6 is 12.8 Å². The van der Waals surface area contributed by atoms with Crippen molar-refractivity contribution < 1.29 is 9.53 Å². The van der Waals surface area contributed by atoms with Crippen LogP contribution in [0.1, 0.15) is 20.8 Å². The first-order valence-corrected chi connectivity index (χ1v) is 3.38. The number of rotatable bonds is 0. The highest BCUT2D eigenvalue weighted by atomic mass is 32.1. The minimum atomic E-state index is -0.436. The van der Waals surface area contributed by atoms with E-state index in [9.17, 15) is 4.79 Å². The van der Waals surface area contributed by atoms with Crippen LogP contribution in [0.5, 0.6) is 0 Å². The van der Waals surface area contributed by atoms with Crippen molar-refractivity contribution in [2.24, 2.45) is 0 Å². The molecule has 0 heterocycles. The third-order valence-corrected chi connectivity index (χ3v) is 0.821. The van der Waals surface area contributed by atoms with E-state index in [-0.39, 0.29) is 0 Å². The number of amides is 1. The van der Waals surface area contributed by atoms with E-state index in [1.54, 1.807) is 0 Å². The molecule has 60 valence electrons. The zero-order valence-corrected chi connectivity index (χ0v) is 7.61. The van der Waals surface area contributed by atoms with Gasteiger partial charge < -0.3 is 4.74 Å². The fourth-order valence-electron chi connectivity index (χ4n) is 0.328. The SMILES string of the molecule is CN(S)C(=O)OC(C)(C)C. The summed E-state index contributed by atoms with van der Waals surface area (Å²) in [5, 5.41) is 0. The van der Waals surface area contributed by atoms with Crippen molar-refractivity contribution in [3.63, 3.8) is 0 Å². The highest BCUT2D eigenvalue weighted by Gasteiger charge is 2.17. The first-order valence-electron chi connectivity index (χ1n) is 2.98. The lowest BCUT2D eigenvalue weighted by atomic mass is 10.2. The van der Waals surface area contributed by atoms with E-state index in [1.807, 2.05) is 20.8 Å². The van der Waals surface area contributed by atoms with Crippen molar-refractivity contribution in [1.82, 2.24) is 4.31 Å². The first-order chi connectivity index (χ1) is 4.33. The second kappa shape index (κ2) is 3.14. The quantitative estimate of drug-likeness (QED) is 0.551. The molecule has 0 aromatic rings.